The highest BCUT2D eigenvalue weighted by Gasteiger charge is 2.34. The van der Waals surface area contributed by atoms with Crippen molar-refractivity contribution < 1.29 is 14.3 Å². The Bertz CT molecular complexity index is 667. The van der Waals surface area contributed by atoms with Gasteiger partial charge in [-0.25, -0.2) is 9.48 Å². The third-order valence-electron chi connectivity index (χ3n) is 4.32. The van der Waals surface area contributed by atoms with Crippen LogP contribution in [-0.2, 0) is 14.3 Å². The lowest BCUT2D eigenvalue weighted by molar-refractivity contribution is -0.145. The molecule has 1 fully saturated rings. The number of hydrogen-bond acceptors (Lipinski definition) is 5. The van der Waals surface area contributed by atoms with Crippen LogP contribution in [0, 0.1) is 12.8 Å². The highest BCUT2D eigenvalue weighted by Crippen LogP contribution is 2.39. The molecule has 1 aliphatic carbocycles. The number of aromatic nitrogens is 2. The van der Waals surface area contributed by atoms with E-state index < -0.39 is 12.0 Å². The van der Waals surface area contributed by atoms with Crippen LogP contribution in [0.15, 0.2) is 17.1 Å². The summed E-state index contributed by atoms with van der Waals surface area (Å²) in [7, 11) is 2.16. The molecule has 0 aromatic carbocycles. The zero-order chi connectivity index (χ0) is 17.7. The summed E-state index contributed by atoms with van der Waals surface area (Å²) in [6.07, 6.45) is 6.65. The molecule has 2 rings (SSSR count). The Labute approximate surface area is 145 Å². The summed E-state index contributed by atoms with van der Waals surface area (Å²) in [6.45, 7) is 4.27. The van der Waals surface area contributed by atoms with Gasteiger partial charge in [0, 0.05) is 22.4 Å². The Morgan fingerprint density at radius 3 is 2.83 bits per heavy atom. The summed E-state index contributed by atoms with van der Waals surface area (Å²) in [4.78, 5) is 24.8. The Morgan fingerprint density at radius 2 is 2.25 bits per heavy atom. The first-order valence-electron chi connectivity index (χ1n) is 8.44. The summed E-state index contributed by atoms with van der Waals surface area (Å²) in [5.74, 6) is 0.284. The van der Waals surface area contributed by atoms with Crippen LogP contribution in [0.3, 0.4) is 0 Å². The fourth-order valence-electron chi connectivity index (χ4n) is 2.84. The lowest BCUT2D eigenvalue weighted by Crippen LogP contribution is -2.36. The first-order chi connectivity index (χ1) is 11.5. The van der Waals surface area contributed by atoms with Crippen LogP contribution in [-0.4, -0.2) is 39.7 Å². The molecule has 1 aromatic heterocycles. The summed E-state index contributed by atoms with van der Waals surface area (Å²) in [6, 6.07) is 0.870. The van der Waals surface area contributed by atoms with E-state index in [1.807, 2.05) is 13.8 Å². The van der Waals surface area contributed by atoms with Gasteiger partial charge in [0.1, 0.15) is 0 Å². The molecule has 1 heterocycles. The third-order valence-corrected chi connectivity index (χ3v) is 5.42. The van der Waals surface area contributed by atoms with Crippen LogP contribution in [0.4, 0.5) is 0 Å². The topological polar surface area (TPSA) is 70.4 Å². The van der Waals surface area contributed by atoms with Gasteiger partial charge in [0.2, 0.25) is 0 Å². The second-order valence-electron chi connectivity index (χ2n) is 6.38. The number of aryl methyl sites for hydroxylation is 1. The number of esters is 1. The Hall–Kier alpha value is -1.89. The number of carbonyl (C=O) groups is 1. The van der Waals surface area contributed by atoms with Crippen molar-refractivity contribution in [2.45, 2.75) is 44.7 Å². The van der Waals surface area contributed by atoms with Crippen LogP contribution >= 0.6 is 0 Å². The molecule has 1 aliphatic rings. The van der Waals surface area contributed by atoms with E-state index in [9.17, 15) is 9.59 Å². The maximum absolute atomic E-state index is 12.4. The predicted molar refractivity (Wildman–Crippen MR) is 96.0 cm³/mol. The van der Waals surface area contributed by atoms with Crippen molar-refractivity contribution in [3.05, 3.63) is 33.9 Å². The van der Waals surface area contributed by atoms with Gasteiger partial charge in [0.05, 0.1) is 25.7 Å². The largest absolute Gasteiger partial charge is 0.501 e. The van der Waals surface area contributed by atoms with Crippen LogP contribution in [0.25, 0.3) is 6.08 Å². The van der Waals surface area contributed by atoms with Gasteiger partial charge in [-0.2, -0.15) is 5.10 Å². The molecule has 0 aliphatic heterocycles. The average molecular weight is 350 g/mol. The molecule has 0 saturated heterocycles. The normalized spacial score (nSPS) is 17.0. The molecule has 1 aromatic rings. The van der Waals surface area contributed by atoms with Crippen molar-refractivity contribution in [3.8, 4) is 0 Å². The molecule has 1 unspecified atom stereocenters. The predicted octanol–water partition coefficient (Wildman–Crippen LogP) is 1.23. The SMILES string of the molecule is CCO/C=C/c1nn([C@H](C(=O)OC)C([SiH3])CC2CC2)c(=O)cc1C. The number of methoxy groups -OCH3 is 1. The molecule has 6 nitrogen and oxygen atoms in total. The van der Waals surface area contributed by atoms with Gasteiger partial charge < -0.3 is 9.47 Å². The Balaban J connectivity index is 2.38. The minimum Gasteiger partial charge on any atom is -0.501 e. The van der Waals surface area contributed by atoms with E-state index in [1.54, 1.807) is 12.3 Å². The summed E-state index contributed by atoms with van der Waals surface area (Å²) < 4.78 is 11.5. The fourth-order valence-corrected chi connectivity index (χ4v) is 4.07. The molecule has 0 radical (unpaired) electrons. The van der Waals surface area contributed by atoms with E-state index >= 15 is 0 Å². The molecular formula is C17H26N2O4Si. The van der Waals surface area contributed by atoms with Gasteiger partial charge >= 0.3 is 5.97 Å². The van der Waals surface area contributed by atoms with Crippen molar-refractivity contribution in [3.63, 3.8) is 0 Å². The van der Waals surface area contributed by atoms with Crippen LogP contribution < -0.4 is 5.56 Å². The third kappa shape index (κ3) is 4.56. The van der Waals surface area contributed by atoms with Crippen molar-refractivity contribution in [2.75, 3.05) is 13.7 Å². The quantitative estimate of drug-likeness (QED) is 0.401. The van der Waals surface area contributed by atoms with Gasteiger partial charge in [-0.15, -0.1) is 0 Å². The molecule has 0 spiro atoms. The second-order valence-corrected chi connectivity index (χ2v) is 7.86. The van der Waals surface area contributed by atoms with Crippen molar-refractivity contribution in [2.24, 2.45) is 5.92 Å². The number of carbonyl (C=O) groups excluding carboxylic acids is 1. The van der Waals surface area contributed by atoms with Gasteiger partial charge in [-0.05, 0) is 37.3 Å². The maximum Gasteiger partial charge on any atom is 0.330 e. The zero-order valence-corrected chi connectivity index (χ0v) is 16.8. The van der Waals surface area contributed by atoms with Gasteiger partial charge in [0.25, 0.3) is 5.56 Å². The van der Waals surface area contributed by atoms with Crippen LogP contribution in [0.1, 0.15) is 43.5 Å². The van der Waals surface area contributed by atoms with Crippen LogP contribution in [0.5, 0.6) is 0 Å². The zero-order valence-electron chi connectivity index (χ0n) is 14.8. The van der Waals surface area contributed by atoms with Crippen LogP contribution in [0.2, 0.25) is 5.54 Å². The first-order valence-corrected chi connectivity index (χ1v) is 9.59. The fraction of sp³-hybridized carbons (Fsp3) is 0.588. The minimum atomic E-state index is -0.644. The summed E-state index contributed by atoms with van der Waals surface area (Å²) >= 11 is 0. The highest BCUT2D eigenvalue weighted by atomic mass is 28.1. The van der Waals surface area contributed by atoms with Crippen molar-refractivity contribution >= 4 is 22.3 Å². The van der Waals surface area contributed by atoms with Crippen molar-refractivity contribution in [1.82, 2.24) is 9.78 Å². The Kier molecular flexibility index (Phi) is 6.36. The molecular weight excluding hydrogens is 324 g/mol. The molecule has 0 amide bonds. The molecule has 132 valence electrons. The van der Waals surface area contributed by atoms with Crippen molar-refractivity contribution in [1.29, 1.82) is 0 Å². The highest BCUT2D eigenvalue weighted by molar-refractivity contribution is 6.13. The van der Waals surface area contributed by atoms with E-state index in [2.05, 4.69) is 5.10 Å². The molecule has 24 heavy (non-hydrogen) atoms. The van der Waals surface area contributed by atoms with Gasteiger partial charge in [-0.3, -0.25) is 4.79 Å². The number of rotatable bonds is 8. The molecule has 2 atom stereocenters. The summed E-state index contributed by atoms with van der Waals surface area (Å²) in [5, 5.41) is 4.42. The maximum atomic E-state index is 12.4. The molecule has 7 heteroatoms. The van der Waals surface area contributed by atoms with E-state index in [1.165, 1.54) is 30.7 Å². The number of ether oxygens (including phenoxy) is 2. The second kappa shape index (κ2) is 8.28. The Morgan fingerprint density at radius 1 is 1.54 bits per heavy atom. The van der Waals surface area contributed by atoms with E-state index in [4.69, 9.17) is 9.47 Å². The molecule has 0 bridgehead atoms. The smallest absolute Gasteiger partial charge is 0.330 e. The molecule has 0 N–H and O–H groups in total. The average Bonchev–Trinajstić information content (AvgIpc) is 3.35. The number of nitrogens with zero attached hydrogens (tertiary/aromatic N) is 2. The van der Waals surface area contributed by atoms with E-state index in [0.717, 1.165) is 22.2 Å². The number of hydrogen-bond donors (Lipinski definition) is 0. The van der Waals surface area contributed by atoms with E-state index in [-0.39, 0.29) is 11.1 Å². The van der Waals surface area contributed by atoms with E-state index in [0.29, 0.717) is 18.2 Å². The standard InChI is InChI=1S/C17H26N2O4Si/c1-4-23-8-7-13-11(2)9-15(20)19(18-13)16(17(21)22-3)14(24)10-12-5-6-12/h7-9,12,14,16H,4-6,10H2,1-3,24H3/b8-7+/t14?,16-/m0/s1. The summed E-state index contributed by atoms with van der Waals surface area (Å²) in [5.41, 5.74) is 1.23. The minimum absolute atomic E-state index is 0.126. The lowest BCUT2D eigenvalue weighted by Gasteiger charge is -2.23. The van der Waals surface area contributed by atoms with Gasteiger partial charge in [-0.1, -0.05) is 12.8 Å². The monoisotopic (exact) mass is 350 g/mol. The first kappa shape index (κ1) is 18.4. The molecule has 1 saturated carbocycles. The lowest BCUT2D eigenvalue weighted by atomic mass is 10.1. The van der Waals surface area contributed by atoms with Gasteiger partial charge in [0.15, 0.2) is 6.04 Å².